The zero-order chi connectivity index (χ0) is 22.1. The average molecular weight is 422 g/mol. The topological polar surface area (TPSA) is 89.3 Å². The van der Waals surface area contributed by atoms with Gasteiger partial charge in [-0.15, -0.1) is 0 Å². The number of carbonyl (C=O) groups is 1. The lowest BCUT2D eigenvalue weighted by molar-refractivity contribution is -0.153. The lowest BCUT2D eigenvalue weighted by Crippen LogP contribution is -2.36. The number of halogens is 3. The number of alkyl halides is 3. The van der Waals surface area contributed by atoms with E-state index in [2.05, 4.69) is 15.4 Å². The van der Waals surface area contributed by atoms with Crippen LogP contribution in [0.25, 0.3) is 10.9 Å². The number of aliphatic hydroxyl groups is 1. The number of carbonyl (C=O) groups excluding carboxylic acids is 1. The second kappa shape index (κ2) is 7.94. The normalized spacial score (nSPS) is 12.2. The van der Waals surface area contributed by atoms with E-state index in [1.807, 2.05) is 0 Å². The molecule has 0 aliphatic carbocycles. The van der Waals surface area contributed by atoms with E-state index in [-0.39, 0.29) is 11.6 Å². The summed E-state index contributed by atoms with van der Waals surface area (Å²) < 4.78 is 43.5. The quantitative estimate of drug-likeness (QED) is 0.635. The second-order valence-electron chi connectivity index (χ2n) is 7.44. The molecule has 30 heavy (non-hydrogen) atoms. The van der Waals surface area contributed by atoms with Crippen LogP contribution in [-0.4, -0.2) is 44.2 Å². The minimum atomic E-state index is -4.40. The summed E-state index contributed by atoms with van der Waals surface area (Å²) >= 11 is 0. The predicted molar refractivity (Wildman–Crippen MR) is 104 cm³/mol. The van der Waals surface area contributed by atoms with Crippen molar-refractivity contribution in [3.8, 4) is 5.75 Å². The molecule has 7 nitrogen and oxygen atoms in total. The summed E-state index contributed by atoms with van der Waals surface area (Å²) in [6, 6.07) is 6.58. The number of hydrogen-bond donors (Lipinski definition) is 2. The Labute approximate surface area is 170 Å². The van der Waals surface area contributed by atoms with Crippen LogP contribution >= 0.6 is 0 Å². The molecular weight excluding hydrogens is 401 g/mol. The molecule has 0 aliphatic heterocycles. The van der Waals surface area contributed by atoms with Gasteiger partial charge in [0, 0.05) is 12.4 Å². The van der Waals surface area contributed by atoms with Crippen LogP contribution in [0, 0.1) is 6.92 Å². The van der Waals surface area contributed by atoms with Crippen LogP contribution in [0.15, 0.2) is 36.7 Å². The smallest absolute Gasteiger partial charge is 0.422 e. The van der Waals surface area contributed by atoms with Crippen LogP contribution in [0.2, 0.25) is 0 Å². The molecule has 1 amide bonds. The van der Waals surface area contributed by atoms with Crippen molar-refractivity contribution in [2.24, 2.45) is 0 Å². The molecule has 0 radical (unpaired) electrons. The van der Waals surface area contributed by atoms with Crippen LogP contribution in [-0.2, 0) is 11.3 Å². The van der Waals surface area contributed by atoms with Crippen molar-refractivity contribution in [3.63, 3.8) is 0 Å². The summed E-state index contributed by atoms with van der Waals surface area (Å²) in [5.41, 5.74) is 0.425. The van der Waals surface area contributed by atoms with Gasteiger partial charge in [-0.25, -0.2) is 4.98 Å². The fourth-order valence-corrected chi connectivity index (χ4v) is 2.75. The number of anilines is 1. The molecule has 160 valence electrons. The van der Waals surface area contributed by atoms with Crippen molar-refractivity contribution in [2.45, 2.75) is 39.1 Å². The Morgan fingerprint density at radius 1 is 1.27 bits per heavy atom. The number of hydrogen-bond acceptors (Lipinski definition) is 5. The van der Waals surface area contributed by atoms with E-state index in [0.717, 1.165) is 5.56 Å². The zero-order valence-corrected chi connectivity index (χ0v) is 16.6. The van der Waals surface area contributed by atoms with Gasteiger partial charge in [0.1, 0.15) is 17.2 Å². The molecule has 10 heteroatoms. The fourth-order valence-electron chi connectivity index (χ4n) is 2.75. The summed E-state index contributed by atoms with van der Waals surface area (Å²) in [4.78, 5) is 16.2. The first-order valence-electron chi connectivity index (χ1n) is 9.07. The van der Waals surface area contributed by atoms with Crippen molar-refractivity contribution in [1.29, 1.82) is 0 Å². The van der Waals surface area contributed by atoms with Gasteiger partial charge in [0.15, 0.2) is 6.61 Å². The molecule has 0 atom stereocenters. The number of benzene rings is 1. The first-order valence-corrected chi connectivity index (χ1v) is 9.07. The Morgan fingerprint density at radius 2 is 2.00 bits per heavy atom. The Bertz CT molecular complexity index is 1070. The zero-order valence-electron chi connectivity index (χ0n) is 16.6. The molecule has 3 aromatic rings. The van der Waals surface area contributed by atoms with Crippen LogP contribution < -0.4 is 10.1 Å². The Hall–Kier alpha value is -3.14. The largest absolute Gasteiger partial charge is 0.484 e. The van der Waals surface area contributed by atoms with Crippen LogP contribution in [0.3, 0.4) is 0 Å². The number of pyridine rings is 1. The summed E-state index contributed by atoms with van der Waals surface area (Å²) in [6.45, 7) is 3.42. The van der Waals surface area contributed by atoms with Crippen LogP contribution in [0.5, 0.6) is 5.75 Å². The Balaban J connectivity index is 1.79. The van der Waals surface area contributed by atoms with Gasteiger partial charge in [-0.1, -0.05) is 12.1 Å². The standard InChI is InChI=1S/C20H21F3N4O3/c1-12-8-13(4-5-16(12)30-11-20(21,22)23)9-27-10-14-15(26-27)6-7-24-17(14)25-18(28)19(2,3)29/h4-8,10,29H,9,11H2,1-3H3,(H,24,25,28). The highest BCUT2D eigenvalue weighted by Gasteiger charge is 2.28. The lowest BCUT2D eigenvalue weighted by Gasteiger charge is -2.16. The molecule has 2 aromatic heterocycles. The van der Waals surface area contributed by atoms with Gasteiger partial charge in [-0.05, 0) is 44.0 Å². The third kappa shape index (κ3) is 5.26. The van der Waals surface area contributed by atoms with Gasteiger partial charge in [0.05, 0.1) is 17.4 Å². The monoisotopic (exact) mass is 422 g/mol. The maximum Gasteiger partial charge on any atom is 0.422 e. The van der Waals surface area contributed by atoms with Crippen molar-refractivity contribution in [2.75, 3.05) is 11.9 Å². The maximum atomic E-state index is 12.3. The third-order valence-corrected chi connectivity index (χ3v) is 4.24. The minimum Gasteiger partial charge on any atom is -0.484 e. The van der Waals surface area contributed by atoms with Gasteiger partial charge < -0.3 is 15.2 Å². The van der Waals surface area contributed by atoms with Crippen molar-refractivity contribution >= 4 is 22.6 Å². The molecule has 0 bridgehead atoms. The second-order valence-corrected chi connectivity index (χ2v) is 7.44. The Morgan fingerprint density at radius 3 is 2.63 bits per heavy atom. The molecule has 1 aromatic carbocycles. The van der Waals surface area contributed by atoms with E-state index in [0.29, 0.717) is 23.0 Å². The fraction of sp³-hybridized carbons (Fsp3) is 0.350. The van der Waals surface area contributed by atoms with Gasteiger partial charge in [-0.2, -0.15) is 18.3 Å². The van der Waals surface area contributed by atoms with Crippen molar-refractivity contribution in [1.82, 2.24) is 14.8 Å². The molecular formula is C20H21F3N4O3. The minimum absolute atomic E-state index is 0.169. The molecule has 0 aliphatic rings. The molecule has 3 rings (SSSR count). The number of aryl methyl sites for hydroxylation is 1. The number of rotatable bonds is 6. The number of amides is 1. The lowest BCUT2D eigenvalue weighted by atomic mass is 10.1. The molecule has 0 spiro atoms. The van der Waals surface area contributed by atoms with Gasteiger partial charge >= 0.3 is 6.18 Å². The number of nitrogens with one attached hydrogen (secondary N) is 1. The van der Waals surface area contributed by atoms with E-state index in [1.165, 1.54) is 26.1 Å². The van der Waals surface area contributed by atoms with Crippen molar-refractivity contribution in [3.05, 3.63) is 47.8 Å². The SMILES string of the molecule is Cc1cc(Cn2cc3c(NC(=O)C(C)(C)O)nccc3n2)ccc1OCC(F)(F)F. The predicted octanol–water partition coefficient (Wildman–Crippen LogP) is 3.44. The van der Waals surface area contributed by atoms with Crippen LogP contribution in [0.4, 0.5) is 19.0 Å². The molecule has 0 unspecified atom stereocenters. The van der Waals surface area contributed by atoms with Crippen molar-refractivity contribution < 1.29 is 27.8 Å². The molecule has 0 fully saturated rings. The van der Waals surface area contributed by atoms with E-state index in [9.17, 15) is 23.1 Å². The third-order valence-electron chi connectivity index (χ3n) is 4.24. The number of nitrogens with zero attached hydrogens (tertiary/aromatic N) is 3. The molecule has 2 N–H and O–H groups in total. The van der Waals surface area contributed by atoms with E-state index in [4.69, 9.17) is 4.74 Å². The highest BCUT2D eigenvalue weighted by atomic mass is 19.4. The highest BCUT2D eigenvalue weighted by molar-refractivity contribution is 6.02. The number of ether oxygens (including phenoxy) is 1. The van der Waals surface area contributed by atoms with E-state index in [1.54, 1.807) is 36.0 Å². The summed E-state index contributed by atoms with van der Waals surface area (Å²) in [6.07, 6.45) is -1.20. The van der Waals surface area contributed by atoms with Gasteiger partial charge in [-0.3, -0.25) is 9.48 Å². The number of aromatic nitrogens is 3. The Kier molecular flexibility index (Phi) is 5.71. The highest BCUT2D eigenvalue weighted by Crippen LogP contribution is 2.25. The summed E-state index contributed by atoms with van der Waals surface area (Å²) in [7, 11) is 0. The number of fused-ring (bicyclic) bond motifs is 1. The van der Waals surface area contributed by atoms with E-state index >= 15 is 0 Å². The van der Waals surface area contributed by atoms with Gasteiger partial charge in [0.2, 0.25) is 0 Å². The van der Waals surface area contributed by atoms with Crippen LogP contribution in [0.1, 0.15) is 25.0 Å². The molecule has 0 saturated heterocycles. The summed E-state index contributed by atoms with van der Waals surface area (Å²) in [5, 5.41) is 17.4. The first kappa shape index (κ1) is 21.6. The molecule has 2 heterocycles. The van der Waals surface area contributed by atoms with E-state index < -0.39 is 24.3 Å². The summed E-state index contributed by atoms with van der Waals surface area (Å²) in [5.74, 6) is -0.152. The maximum absolute atomic E-state index is 12.3. The van der Waals surface area contributed by atoms with Gasteiger partial charge in [0.25, 0.3) is 5.91 Å². The first-order chi connectivity index (χ1) is 13.9. The average Bonchev–Trinajstić information content (AvgIpc) is 3.03. The molecule has 0 saturated carbocycles.